The lowest BCUT2D eigenvalue weighted by Crippen LogP contribution is -2.00. The van der Waals surface area contributed by atoms with Crippen molar-refractivity contribution in [2.45, 2.75) is 32.8 Å². The summed E-state index contributed by atoms with van der Waals surface area (Å²) in [5, 5.41) is 0. The van der Waals surface area contributed by atoms with Crippen LogP contribution in [0.25, 0.3) is 11.3 Å². The second kappa shape index (κ2) is 8.23. The van der Waals surface area contributed by atoms with Gasteiger partial charge in [-0.05, 0) is 60.8 Å². The van der Waals surface area contributed by atoms with Gasteiger partial charge in [-0.15, -0.1) is 0 Å². The molecule has 3 nitrogen and oxygen atoms in total. The molecular formula is C21H20FNO2S. The van der Waals surface area contributed by atoms with Gasteiger partial charge in [-0.1, -0.05) is 31.5 Å². The van der Waals surface area contributed by atoms with Gasteiger partial charge in [0.2, 0.25) is 0 Å². The molecule has 1 heterocycles. The van der Waals surface area contributed by atoms with E-state index in [-0.39, 0.29) is 11.7 Å². The van der Waals surface area contributed by atoms with Crippen molar-refractivity contribution >= 4 is 17.8 Å². The molecule has 0 aliphatic rings. The summed E-state index contributed by atoms with van der Waals surface area (Å²) in [4.78, 5) is 11.7. The van der Waals surface area contributed by atoms with E-state index in [0.29, 0.717) is 17.5 Å². The molecule has 0 amide bonds. The summed E-state index contributed by atoms with van der Waals surface area (Å²) in [5.74, 6) is 0.275. The molecule has 0 saturated heterocycles. The first kappa shape index (κ1) is 18.3. The van der Waals surface area contributed by atoms with Crippen molar-refractivity contribution in [3.63, 3.8) is 0 Å². The number of aryl methyl sites for hydroxylation is 1. The van der Waals surface area contributed by atoms with Gasteiger partial charge in [0.25, 0.3) is 0 Å². The maximum atomic E-state index is 13.8. The van der Waals surface area contributed by atoms with Gasteiger partial charge in [-0.3, -0.25) is 4.79 Å². The Balaban J connectivity index is 1.72. The van der Waals surface area contributed by atoms with Gasteiger partial charge < -0.3 is 4.74 Å². The van der Waals surface area contributed by atoms with E-state index >= 15 is 0 Å². The Bertz CT molecular complexity index is 889. The van der Waals surface area contributed by atoms with Crippen molar-refractivity contribution in [2.75, 3.05) is 0 Å². The second-order valence-corrected chi connectivity index (χ2v) is 6.96. The number of halogens is 1. The quantitative estimate of drug-likeness (QED) is 0.490. The summed E-state index contributed by atoms with van der Waals surface area (Å²) in [5.41, 5.74) is 2.67. The van der Waals surface area contributed by atoms with Crippen LogP contribution in [0.2, 0.25) is 0 Å². The summed E-state index contributed by atoms with van der Waals surface area (Å²) in [7, 11) is 0. The van der Waals surface area contributed by atoms with Crippen LogP contribution in [-0.2, 0) is 6.42 Å². The Labute approximate surface area is 156 Å². The fraction of sp³-hybridized carbons (Fsp3) is 0.238. The van der Waals surface area contributed by atoms with Crippen LogP contribution in [-0.4, -0.2) is 10.7 Å². The zero-order valence-electron chi connectivity index (χ0n) is 14.7. The number of ether oxygens (including phenoxy) is 1. The summed E-state index contributed by atoms with van der Waals surface area (Å²) in [6.07, 6.45) is 2.53. The van der Waals surface area contributed by atoms with E-state index in [4.69, 9.17) is 4.74 Å². The molecule has 3 rings (SSSR count). The van der Waals surface area contributed by atoms with E-state index in [0.717, 1.165) is 23.5 Å². The number of carbonyl (C=O) groups excluding carboxylic acids is 1. The van der Waals surface area contributed by atoms with Crippen molar-refractivity contribution < 1.29 is 13.9 Å². The maximum absolute atomic E-state index is 13.8. The van der Waals surface area contributed by atoms with Gasteiger partial charge >= 0.3 is 0 Å². The average Bonchev–Trinajstić information content (AvgIpc) is 3.14. The minimum absolute atomic E-state index is 0.0485. The molecule has 0 aliphatic heterocycles. The summed E-state index contributed by atoms with van der Waals surface area (Å²) in [6, 6.07) is 14.5. The first-order valence-corrected chi connectivity index (χ1v) is 9.35. The largest absolute Gasteiger partial charge is 0.485 e. The molecule has 0 spiro atoms. The molecule has 2 aromatic carbocycles. The number of benzene rings is 2. The third kappa shape index (κ3) is 4.17. The van der Waals surface area contributed by atoms with Gasteiger partial charge in [-0.2, -0.15) is 4.37 Å². The highest BCUT2D eigenvalue weighted by atomic mass is 32.1. The van der Waals surface area contributed by atoms with Crippen molar-refractivity contribution in [3.05, 3.63) is 70.4 Å². The Hall–Kier alpha value is -2.53. The smallest absolute Gasteiger partial charge is 0.152 e. The van der Waals surface area contributed by atoms with Crippen molar-refractivity contribution in [1.29, 1.82) is 0 Å². The van der Waals surface area contributed by atoms with Crippen molar-refractivity contribution in [2.24, 2.45) is 0 Å². The SMILES string of the molecule is CCCc1ccc(OC(C)c2cc(-c3ccc(C=O)c(F)c3)ns2)cc1. The highest BCUT2D eigenvalue weighted by Crippen LogP contribution is 2.30. The number of carbonyl (C=O) groups is 1. The molecule has 5 heteroatoms. The van der Waals surface area contributed by atoms with Crippen LogP contribution in [0.1, 0.15) is 47.2 Å². The van der Waals surface area contributed by atoms with Crippen LogP contribution >= 0.6 is 11.5 Å². The van der Waals surface area contributed by atoms with Gasteiger partial charge in [0.1, 0.15) is 17.7 Å². The van der Waals surface area contributed by atoms with E-state index in [2.05, 4.69) is 23.4 Å². The lowest BCUT2D eigenvalue weighted by atomic mass is 10.1. The highest BCUT2D eigenvalue weighted by Gasteiger charge is 2.14. The van der Waals surface area contributed by atoms with Gasteiger partial charge in [0.15, 0.2) is 6.29 Å². The van der Waals surface area contributed by atoms with Crippen molar-refractivity contribution in [1.82, 2.24) is 4.37 Å². The average molecular weight is 369 g/mol. The van der Waals surface area contributed by atoms with Crippen LogP contribution < -0.4 is 4.74 Å². The molecule has 134 valence electrons. The van der Waals surface area contributed by atoms with E-state index in [1.807, 2.05) is 25.1 Å². The normalized spacial score (nSPS) is 12.0. The summed E-state index contributed by atoms with van der Waals surface area (Å²) < 4.78 is 24.2. The standard InChI is InChI=1S/C21H20FNO2S/c1-3-4-15-5-9-18(10-6-15)25-14(2)21-12-20(23-26-21)16-7-8-17(13-24)19(22)11-16/h5-14H,3-4H2,1-2H3. The number of aromatic nitrogens is 1. The van der Waals surface area contributed by atoms with Crippen LogP contribution in [0.15, 0.2) is 48.5 Å². The fourth-order valence-corrected chi connectivity index (χ4v) is 3.41. The second-order valence-electron chi connectivity index (χ2n) is 6.12. The van der Waals surface area contributed by atoms with Crippen LogP contribution in [0.3, 0.4) is 0 Å². The van der Waals surface area contributed by atoms with E-state index < -0.39 is 5.82 Å². The number of hydrogen-bond acceptors (Lipinski definition) is 4. The van der Waals surface area contributed by atoms with Crippen LogP contribution in [0, 0.1) is 5.82 Å². The molecular weight excluding hydrogens is 349 g/mol. The van der Waals surface area contributed by atoms with E-state index in [1.165, 1.54) is 29.2 Å². The Kier molecular flexibility index (Phi) is 5.78. The third-order valence-electron chi connectivity index (χ3n) is 4.13. The topological polar surface area (TPSA) is 39.2 Å². The predicted molar refractivity (Wildman–Crippen MR) is 102 cm³/mol. The number of aldehydes is 1. The lowest BCUT2D eigenvalue weighted by molar-refractivity contribution is 0.112. The van der Waals surface area contributed by atoms with Crippen LogP contribution in [0.5, 0.6) is 5.75 Å². The molecule has 3 aromatic rings. The third-order valence-corrected chi connectivity index (χ3v) is 5.08. The maximum Gasteiger partial charge on any atom is 0.152 e. The first-order valence-electron chi connectivity index (χ1n) is 8.58. The first-order chi connectivity index (χ1) is 12.6. The minimum atomic E-state index is -0.538. The van der Waals surface area contributed by atoms with Gasteiger partial charge in [-0.25, -0.2) is 4.39 Å². The highest BCUT2D eigenvalue weighted by molar-refractivity contribution is 7.06. The minimum Gasteiger partial charge on any atom is -0.485 e. The van der Waals surface area contributed by atoms with Gasteiger partial charge in [0.05, 0.1) is 16.1 Å². The number of hydrogen-bond donors (Lipinski definition) is 0. The number of nitrogens with zero attached hydrogens (tertiary/aromatic N) is 1. The molecule has 0 saturated carbocycles. The molecule has 1 aromatic heterocycles. The summed E-state index contributed by atoms with van der Waals surface area (Å²) in [6.45, 7) is 4.12. The molecule has 0 N–H and O–H groups in total. The zero-order valence-corrected chi connectivity index (χ0v) is 15.6. The Morgan fingerprint density at radius 3 is 2.62 bits per heavy atom. The van der Waals surface area contributed by atoms with E-state index in [1.54, 1.807) is 6.07 Å². The number of rotatable bonds is 7. The zero-order chi connectivity index (χ0) is 18.5. The molecule has 0 radical (unpaired) electrons. The molecule has 0 bridgehead atoms. The predicted octanol–water partition coefficient (Wildman–Crippen LogP) is 5.85. The van der Waals surface area contributed by atoms with Crippen molar-refractivity contribution in [3.8, 4) is 17.0 Å². The Morgan fingerprint density at radius 1 is 1.19 bits per heavy atom. The fourth-order valence-electron chi connectivity index (χ4n) is 2.68. The van der Waals surface area contributed by atoms with Crippen LogP contribution in [0.4, 0.5) is 4.39 Å². The molecule has 26 heavy (non-hydrogen) atoms. The van der Waals surface area contributed by atoms with Gasteiger partial charge in [0, 0.05) is 5.56 Å². The molecule has 1 atom stereocenters. The molecule has 0 fully saturated rings. The Morgan fingerprint density at radius 2 is 1.96 bits per heavy atom. The van der Waals surface area contributed by atoms with E-state index in [9.17, 15) is 9.18 Å². The summed E-state index contributed by atoms with van der Waals surface area (Å²) >= 11 is 1.33. The monoisotopic (exact) mass is 369 g/mol. The molecule has 1 unspecified atom stereocenters. The molecule has 0 aliphatic carbocycles. The lowest BCUT2D eigenvalue weighted by Gasteiger charge is -2.13.